The van der Waals surface area contributed by atoms with Crippen molar-refractivity contribution in [2.24, 2.45) is 5.92 Å². The van der Waals surface area contributed by atoms with E-state index < -0.39 is 0 Å². The molecule has 1 N–H and O–H groups in total. The standard InChI is InChI=1S/C17H24N2/c1-3-13(9-15(4-1)14-6-7-14)10-19-11-16-5-2-8-18-17(16)12-19/h1,3-4,9,14,16-18H,2,5-8,10-12H2/t16-,17+/m0/s1. The molecule has 2 heterocycles. The van der Waals surface area contributed by atoms with Gasteiger partial charge in [-0.1, -0.05) is 24.3 Å². The van der Waals surface area contributed by atoms with Gasteiger partial charge in [-0.2, -0.15) is 0 Å². The Balaban J connectivity index is 1.42. The van der Waals surface area contributed by atoms with Gasteiger partial charge in [-0.25, -0.2) is 0 Å². The Morgan fingerprint density at radius 2 is 2.11 bits per heavy atom. The number of hydrogen-bond acceptors (Lipinski definition) is 2. The maximum Gasteiger partial charge on any atom is 0.0235 e. The van der Waals surface area contributed by atoms with E-state index in [-0.39, 0.29) is 0 Å². The molecule has 19 heavy (non-hydrogen) atoms. The molecule has 0 aromatic heterocycles. The van der Waals surface area contributed by atoms with Crippen LogP contribution in [0.5, 0.6) is 0 Å². The molecule has 3 fully saturated rings. The molecule has 1 aromatic rings. The van der Waals surface area contributed by atoms with E-state index in [1.165, 1.54) is 50.9 Å². The predicted molar refractivity (Wildman–Crippen MR) is 78.2 cm³/mol. The topological polar surface area (TPSA) is 15.3 Å². The molecule has 0 unspecified atom stereocenters. The smallest absolute Gasteiger partial charge is 0.0235 e. The molecule has 0 bridgehead atoms. The van der Waals surface area contributed by atoms with Gasteiger partial charge in [0.1, 0.15) is 0 Å². The SMILES string of the molecule is c1cc(CN2C[C@@H]3CCCN[C@@H]3C2)cc(C2CC2)c1. The average Bonchev–Trinajstić information content (AvgIpc) is 3.20. The number of benzene rings is 1. The first-order valence-electron chi connectivity index (χ1n) is 7.93. The molecule has 102 valence electrons. The number of likely N-dealkylation sites (tertiary alicyclic amines) is 1. The lowest BCUT2D eigenvalue weighted by Crippen LogP contribution is -2.40. The molecule has 1 saturated carbocycles. The number of nitrogens with zero attached hydrogens (tertiary/aromatic N) is 1. The van der Waals surface area contributed by atoms with Crippen LogP contribution in [-0.2, 0) is 6.54 Å². The van der Waals surface area contributed by atoms with Crippen LogP contribution in [0.3, 0.4) is 0 Å². The number of hydrogen-bond donors (Lipinski definition) is 1. The third kappa shape index (κ3) is 2.56. The van der Waals surface area contributed by atoms with Crippen molar-refractivity contribution in [2.75, 3.05) is 19.6 Å². The minimum absolute atomic E-state index is 0.764. The Bertz CT molecular complexity index is 438. The molecule has 0 amide bonds. The Kier molecular flexibility index (Phi) is 3.08. The van der Waals surface area contributed by atoms with E-state index in [0.717, 1.165) is 24.4 Å². The second kappa shape index (κ2) is 4.92. The molecule has 2 aliphatic heterocycles. The molecule has 3 aliphatic rings. The van der Waals surface area contributed by atoms with Gasteiger partial charge < -0.3 is 5.32 Å². The first kappa shape index (κ1) is 11.9. The van der Waals surface area contributed by atoms with Crippen LogP contribution in [0.1, 0.15) is 42.7 Å². The summed E-state index contributed by atoms with van der Waals surface area (Å²) < 4.78 is 0. The Morgan fingerprint density at radius 3 is 2.95 bits per heavy atom. The summed E-state index contributed by atoms with van der Waals surface area (Å²) in [6.07, 6.45) is 5.60. The van der Waals surface area contributed by atoms with Gasteiger partial charge in [-0.05, 0) is 55.2 Å². The number of nitrogens with one attached hydrogen (secondary N) is 1. The van der Waals surface area contributed by atoms with E-state index in [9.17, 15) is 0 Å². The van der Waals surface area contributed by atoms with Crippen molar-refractivity contribution in [3.05, 3.63) is 35.4 Å². The van der Waals surface area contributed by atoms with Crippen LogP contribution >= 0.6 is 0 Å². The first-order valence-corrected chi connectivity index (χ1v) is 7.93. The van der Waals surface area contributed by atoms with Crippen LogP contribution in [0.15, 0.2) is 24.3 Å². The number of piperidine rings is 1. The van der Waals surface area contributed by atoms with Crippen LogP contribution in [0.4, 0.5) is 0 Å². The van der Waals surface area contributed by atoms with Gasteiger partial charge >= 0.3 is 0 Å². The van der Waals surface area contributed by atoms with Crippen molar-refractivity contribution in [1.29, 1.82) is 0 Å². The number of fused-ring (bicyclic) bond motifs is 1. The molecule has 2 atom stereocenters. The fourth-order valence-corrected chi connectivity index (χ4v) is 3.89. The van der Waals surface area contributed by atoms with Crippen LogP contribution < -0.4 is 5.32 Å². The summed E-state index contributed by atoms with van der Waals surface area (Å²) in [5.41, 5.74) is 3.09. The maximum absolute atomic E-state index is 3.69. The zero-order valence-corrected chi connectivity index (χ0v) is 11.6. The summed E-state index contributed by atoms with van der Waals surface area (Å²) in [7, 11) is 0. The Morgan fingerprint density at radius 1 is 1.16 bits per heavy atom. The number of rotatable bonds is 3. The highest BCUT2D eigenvalue weighted by Gasteiger charge is 2.34. The molecule has 2 heteroatoms. The summed E-state index contributed by atoms with van der Waals surface area (Å²) in [6.45, 7) is 4.92. The van der Waals surface area contributed by atoms with Crippen molar-refractivity contribution < 1.29 is 0 Å². The fraction of sp³-hybridized carbons (Fsp3) is 0.647. The highest BCUT2D eigenvalue weighted by molar-refractivity contribution is 5.29. The van der Waals surface area contributed by atoms with Crippen molar-refractivity contribution in [3.8, 4) is 0 Å². The molecule has 4 rings (SSSR count). The summed E-state index contributed by atoms with van der Waals surface area (Å²) in [5, 5.41) is 3.69. The maximum atomic E-state index is 3.69. The van der Waals surface area contributed by atoms with Crippen molar-refractivity contribution in [1.82, 2.24) is 10.2 Å². The Labute approximate surface area is 116 Å². The largest absolute Gasteiger partial charge is 0.312 e. The highest BCUT2D eigenvalue weighted by atomic mass is 15.2. The van der Waals surface area contributed by atoms with Gasteiger partial charge in [0.15, 0.2) is 0 Å². The van der Waals surface area contributed by atoms with Crippen molar-refractivity contribution in [2.45, 2.75) is 44.2 Å². The van der Waals surface area contributed by atoms with Crippen LogP contribution in [-0.4, -0.2) is 30.6 Å². The molecule has 2 nitrogen and oxygen atoms in total. The van der Waals surface area contributed by atoms with E-state index >= 15 is 0 Å². The van der Waals surface area contributed by atoms with E-state index in [4.69, 9.17) is 0 Å². The molecular formula is C17H24N2. The van der Waals surface area contributed by atoms with E-state index in [2.05, 4.69) is 34.5 Å². The lowest BCUT2D eigenvalue weighted by atomic mass is 9.94. The zero-order valence-electron chi connectivity index (χ0n) is 11.6. The van der Waals surface area contributed by atoms with Gasteiger partial charge in [0.05, 0.1) is 0 Å². The summed E-state index contributed by atoms with van der Waals surface area (Å²) in [6, 6.07) is 10.1. The fourth-order valence-electron chi connectivity index (χ4n) is 3.89. The average molecular weight is 256 g/mol. The lowest BCUT2D eigenvalue weighted by molar-refractivity contribution is 0.312. The molecule has 0 radical (unpaired) electrons. The van der Waals surface area contributed by atoms with Crippen LogP contribution in [0.2, 0.25) is 0 Å². The van der Waals surface area contributed by atoms with Gasteiger partial charge in [0.25, 0.3) is 0 Å². The molecular weight excluding hydrogens is 232 g/mol. The molecule has 0 spiro atoms. The zero-order chi connectivity index (χ0) is 12.7. The minimum atomic E-state index is 0.764. The first-order chi connectivity index (χ1) is 9.38. The second-order valence-corrected chi connectivity index (χ2v) is 6.68. The molecule has 1 aliphatic carbocycles. The quantitative estimate of drug-likeness (QED) is 0.894. The van der Waals surface area contributed by atoms with Crippen LogP contribution in [0.25, 0.3) is 0 Å². The van der Waals surface area contributed by atoms with Gasteiger partial charge in [-0.3, -0.25) is 4.90 Å². The normalized spacial score (nSPS) is 31.4. The van der Waals surface area contributed by atoms with Crippen LogP contribution in [0, 0.1) is 5.92 Å². The lowest BCUT2D eigenvalue weighted by Gasteiger charge is -2.24. The summed E-state index contributed by atoms with van der Waals surface area (Å²) >= 11 is 0. The molecule has 2 saturated heterocycles. The third-order valence-corrected chi connectivity index (χ3v) is 5.08. The van der Waals surface area contributed by atoms with Crippen molar-refractivity contribution in [3.63, 3.8) is 0 Å². The Hall–Kier alpha value is -0.860. The van der Waals surface area contributed by atoms with E-state index in [1.807, 2.05) is 0 Å². The second-order valence-electron chi connectivity index (χ2n) is 6.68. The molecule has 1 aromatic carbocycles. The monoisotopic (exact) mass is 256 g/mol. The summed E-state index contributed by atoms with van der Waals surface area (Å²) in [5.74, 6) is 1.78. The van der Waals surface area contributed by atoms with E-state index in [0.29, 0.717) is 0 Å². The third-order valence-electron chi connectivity index (χ3n) is 5.08. The van der Waals surface area contributed by atoms with Crippen molar-refractivity contribution >= 4 is 0 Å². The minimum Gasteiger partial charge on any atom is -0.312 e. The predicted octanol–water partition coefficient (Wildman–Crippen LogP) is 2.75. The van der Waals surface area contributed by atoms with E-state index in [1.54, 1.807) is 5.56 Å². The summed E-state index contributed by atoms with van der Waals surface area (Å²) in [4.78, 5) is 2.65. The van der Waals surface area contributed by atoms with Gasteiger partial charge in [0, 0.05) is 25.7 Å². The van der Waals surface area contributed by atoms with Gasteiger partial charge in [0.2, 0.25) is 0 Å². The highest BCUT2D eigenvalue weighted by Crippen LogP contribution is 2.40. The van der Waals surface area contributed by atoms with Gasteiger partial charge in [-0.15, -0.1) is 0 Å².